The van der Waals surface area contributed by atoms with E-state index in [4.69, 9.17) is 22.1 Å². The Morgan fingerprint density at radius 3 is 2.30 bits per heavy atom. The van der Waals surface area contributed by atoms with E-state index >= 15 is 0 Å². The Balaban J connectivity index is 2.43. The largest absolute Gasteiger partial charge is 0.456 e. The monoisotopic (exact) mass is 365 g/mol. The number of alkyl halides is 3. The predicted octanol–water partition coefficient (Wildman–Crippen LogP) is 5.50. The van der Waals surface area contributed by atoms with Crippen LogP contribution in [0, 0.1) is 0 Å². The maximum atomic E-state index is 12.9. The van der Waals surface area contributed by atoms with Gasteiger partial charge in [-0.25, -0.2) is 0 Å². The highest BCUT2D eigenvalue weighted by atomic mass is 79.9. The SMILES string of the molecule is Nc1ccc(Oc2ccc(Cl)cc2Br)c(C(F)(F)F)c1. The minimum Gasteiger partial charge on any atom is -0.456 e. The van der Waals surface area contributed by atoms with Crippen LogP contribution < -0.4 is 10.5 Å². The number of hydrogen-bond acceptors (Lipinski definition) is 2. The van der Waals surface area contributed by atoms with Gasteiger partial charge in [0, 0.05) is 10.7 Å². The van der Waals surface area contributed by atoms with Crippen molar-refractivity contribution in [3.05, 3.63) is 51.5 Å². The van der Waals surface area contributed by atoms with Crippen molar-refractivity contribution < 1.29 is 17.9 Å². The maximum Gasteiger partial charge on any atom is 0.420 e. The predicted molar refractivity (Wildman–Crippen MR) is 75.1 cm³/mol. The van der Waals surface area contributed by atoms with Crippen molar-refractivity contribution in [3.8, 4) is 11.5 Å². The molecule has 7 heteroatoms. The van der Waals surface area contributed by atoms with Gasteiger partial charge in [0.1, 0.15) is 17.1 Å². The lowest BCUT2D eigenvalue weighted by Crippen LogP contribution is -2.08. The Hall–Kier alpha value is -1.40. The summed E-state index contributed by atoms with van der Waals surface area (Å²) in [5.74, 6) is -0.0978. The molecule has 2 aromatic rings. The Morgan fingerprint density at radius 1 is 1.05 bits per heavy atom. The lowest BCUT2D eigenvalue weighted by atomic mass is 10.1. The summed E-state index contributed by atoms with van der Waals surface area (Å²) in [6.45, 7) is 0. The van der Waals surface area contributed by atoms with Crippen molar-refractivity contribution in [1.29, 1.82) is 0 Å². The fraction of sp³-hybridized carbons (Fsp3) is 0.0769. The van der Waals surface area contributed by atoms with Gasteiger partial charge in [0.2, 0.25) is 0 Å². The van der Waals surface area contributed by atoms with Crippen molar-refractivity contribution in [2.45, 2.75) is 6.18 Å². The number of nitrogen functional groups attached to an aromatic ring is 1. The van der Waals surface area contributed by atoms with Gasteiger partial charge < -0.3 is 10.5 Å². The highest BCUT2D eigenvalue weighted by Gasteiger charge is 2.34. The molecule has 0 heterocycles. The number of benzene rings is 2. The zero-order valence-corrected chi connectivity index (χ0v) is 12.2. The van der Waals surface area contributed by atoms with Crippen molar-refractivity contribution in [1.82, 2.24) is 0 Å². The second-order valence-electron chi connectivity index (χ2n) is 3.93. The molecule has 0 amide bonds. The first-order valence-electron chi connectivity index (χ1n) is 5.37. The normalized spacial score (nSPS) is 11.4. The van der Waals surface area contributed by atoms with E-state index in [9.17, 15) is 13.2 Å². The van der Waals surface area contributed by atoms with Crippen LogP contribution in [0.5, 0.6) is 11.5 Å². The Kier molecular flexibility index (Phi) is 4.15. The summed E-state index contributed by atoms with van der Waals surface area (Å²) in [6, 6.07) is 7.88. The first-order chi connectivity index (χ1) is 9.27. The molecule has 0 atom stereocenters. The summed E-state index contributed by atoms with van der Waals surface area (Å²) < 4.78 is 44.5. The number of hydrogen-bond donors (Lipinski definition) is 1. The molecule has 0 aromatic heterocycles. The van der Waals surface area contributed by atoms with Crippen molar-refractivity contribution in [2.75, 3.05) is 5.73 Å². The minimum absolute atomic E-state index is 0.0137. The second-order valence-corrected chi connectivity index (χ2v) is 5.22. The van der Waals surface area contributed by atoms with Crippen LogP contribution >= 0.6 is 27.5 Å². The highest BCUT2D eigenvalue weighted by Crippen LogP contribution is 2.40. The fourth-order valence-corrected chi connectivity index (χ4v) is 2.30. The van der Waals surface area contributed by atoms with E-state index in [0.29, 0.717) is 9.50 Å². The van der Waals surface area contributed by atoms with Crippen molar-refractivity contribution in [2.24, 2.45) is 0 Å². The number of rotatable bonds is 2. The molecule has 0 unspecified atom stereocenters. The van der Waals surface area contributed by atoms with Gasteiger partial charge in [-0.15, -0.1) is 0 Å². The van der Waals surface area contributed by atoms with Crippen molar-refractivity contribution >= 4 is 33.2 Å². The number of anilines is 1. The molecular formula is C13H8BrClF3NO. The first kappa shape index (κ1) is 15.0. The summed E-state index contributed by atoms with van der Waals surface area (Å²) in [7, 11) is 0. The number of ether oxygens (including phenoxy) is 1. The Morgan fingerprint density at radius 2 is 1.70 bits per heavy atom. The molecule has 2 rings (SSSR count). The minimum atomic E-state index is -4.55. The molecule has 106 valence electrons. The van der Waals surface area contributed by atoms with Crippen LogP contribution in [0.2, 0.25) is 5.02 Å². The Bertz CT molecular complexity index is 646. The molecule has 2 N–H and O–H groups in total. The van der Waals surface area contributed by atoms with Gasteiger partial charge in [0.05, 0.1) is 4.47 Å². The van der Waals surface area contributed by atoms with Crippen molar-refractivity contribution in [3.63, 3.8) is 0 Å². The first-order valence-corrected chi connectivity index (χ1v) is 6.54. The van der Waals surface area contributed by atoms with E-state index in [1.54, 1.807) is 0 Å². The molecule has 0 bridgehead atoms. The van der Waals surface area contributed by atoms with E-state index in [-0.39, 0.29) is 17.2 Å². The van der Waals surface area contributed by atoms with Gasteiger partial charge in [-0.05, 0) is 52.3 Å². The summed E-state index contributed by atoms with van der Waals surface area (Å²) in [5, 5.41) is 0.442. The van der Waals surface area contributed by atoms with Gasteiger partial charge in [-0.3, -0.25) is 0 Å². The molecule has 0 radical (unpaired) electrons. The van der Waals surface area contributed by atoms with E-state index in [2.05, 4.69) is 15.9 Å². The topological polar surface area (TPSA) is 35.2 Å². The molecule has 0 saturated carbocycles. The van der Waals surface area contributed by atoms with E-state index in [1.807, 2.05) is 0 Å². The molecule has 2 nitrogen and oxygen atoms in total. The third-order valence-electron chi connectivity index (χ3n) is 2.42. The lowest BCUT2D eigenvalue weighted by Gasteiger charge is -2.15. The molecule has 2 aromatic carbocycles. The molecule has 0 saturated heterocycles. The Labute approximate surface area is 126 Å². The van der Waals surface area contributed by atoms with Gasteiger partial charge in [0.15, 0.2) is 0 Å². The summed E-state index contributed by atoms with van der Waals surface area (Å²) >= 11 is 8.94. The van der Waals surface area contributed by atoms with Crippen LogP contribution in [0.4, 0.5) is 18.9 Å². The van der Waals surface area contributed by atoms with Crippen LogP contribution in [-0.2, 0) is 6.18 Å². The molecule has 0 aliphatic carbocycles. The van der Waals surface area contributed by atoms with Crippen LogP contribution in [0.15, 0.2) is 40.9 Å². The average Bonchev–Trinajstić information content (AvgIpc) is 2.33. The molecule has 0 spiro atoms. The van der Waals surface area contributed by atoms with Crippen LogP contribution in [0.25, 0.3) is 0 Å². The third kappa shape index (κ3) is 3.37. The zero-order valence-electron chi connectivity index (χ0n) is 9.84. The number of halogens is 5. The van der Waals surface area contributed by atoms with Crippen LogP contribution in [0.1, 0.15) is 5.56 Å². The van der Waals surface area contributed by atoms with Gasteiger partial charge in [-0.2, -0.15) is 13.2 Å². The van der Waals surface area contributed by atoms with E-state index in [1.165, 1.54) is 30.3 Å². The van der Waals surface area contributed by atoms with Gasteiger partial charge >= 0.3 is 6.18 Å². The van der Waals surface area contributed by atoms with Gasteiger partial charge in [0.25, 0.3) is 0 Å². The lowest BCUT2D eigenvalue weighted by molar-refractivity contribution is -0.138. The average molecular weight is 367 g/mol. The summed E-state index contributed by atoms with van der Waals surface area (Å²) in [6.07, 6.45) is -4.55. The molecular weight excluding hydrogens is 358 g/mol. The maximum absolute atomic E-state index is 12.9. The van der Waals surface area contributed by atoms with E-state index in [0.717, 1.165) is 6.07 Å². The summed E-state index contributed by atoms with van der Waals surface area (Å²) in [5.41, 5.74) is 4.47. The number of nitrogens with two attached hydrogens (primary N) is 1. The second kappa shape index (κ2) is 5.54. The molecule has 20 heavy (non-hydrogen) atoms. The zero-order chi connectivity index (χ0) is 14.9. The molecule has 0 aliphatic heterocycles. The standard InChI is InChI=1S/C13H8BrClF3NO/c14-10-5-7(15)1-3-12(10)20-11-4-2-8(19)6-9(11)13(16,17)18/h1-6H,19H2. The fourth-order valence-electron chi connectivity index (χ4n) is 1.53. The van der Waals surface area contributed by atoms with Crippen LogP contribution in [0.3, 0.4) is 0 Å². The quantitative estimate of drug-likeness (QED) is 0.713. The van der Waals surface area contributed by atoms with E-state index < -0.39 is 11.7 Å². The smallest absolute Gasteiger partial charge is 0.420 e. The van der Waals surface area contributed by atoms with Gasteiger partial charge in [-0.1, -0.05) is 11.6 Å². The summed E-state index contributed by atoms with van der Waals surface area (Å²) in [4.78, 5) is 0. The molecule has 0 aliphatic rings. The highest BCUT2D eigenvalue weighted by molar-refractivity contribution is 9.10. The third-order valence-corrected chi connectivity index (χ3v) is 3.28. The van der Waals surface area contributed by atoms with Crippen LogP contribution in [-0.4, -0.2) is 0 Å². The molecule has 0 fully saturated rings.